The fourth-order valence-corrected chi connectivity index (χ4v) is 1.96. The molecule has 2 N–H and O–H groups in total. The minimum Gasteiger partial charge on any atom is -0.392 e. The van der Waals surface area contributed by atoms with Crippen LogP contribution >= 0.6 is 0 Å². The summed E-state index contributed by atoms with van der Waals surface area (Å²) in [7, 11) is 0. The Kier molecular flexibility index (Phi) is 4.93. The van der Waals surface area contributed by atoms with E-state index in [1.54, 1.807) is 11.8 Å². The van der Waals surface area contributed by atoms with Crippen molar-refractivity contribution in [2.75, 3.05) is 19.6 Å². The van der Waals surface area contributed by atoms with Crippen LogP contribution in [0.3, 0.4) is 0 Å². The van der Waals surface area contributed by atoms with Crippen LogP contribution in [0.2, 0.25) is 0 Å². The summed E-state index contributed by atoms with van der Waals surface area (Å²) in [4.78, 5) is 25.1. The van der Waals surface area contributed by atoms with E-state index in [1.807, 2.05) is 13.8 Å². The SMILES string of the molecule is CC(C)CN1CC(C(=O)NC[C@H](C)O)CC1=O. The molecular formula is C12H22N2O3. The van der Waals surface area contributed by atoms with Crippen LogP contribution in [-0.4, -0.2) is 47.6 Å². The molecule has 1 aliphatic rings. The van der Waals surface area contributed by atoms with E-state index in [0.717, 1.165) is 0 Å². The highest BCUT2D eigenvalue weighted by atomic mass is 16.3. The van der Waals surface area contributed by atoms with Crippen molar-refractivity contribution in [1.82, 2.24) is 10.2 Å². The number of carbonyl (C=O) groups excluding carboxylic acids is 2. The topological polar surface area (TPSA) is 69.6 Å². The van der Waals surface area contributed by atoms with Gasteiger partial charge < -0.3 is 15.3 Å². The number of hydrogen-bond donors (Lipinski definition) is 2. The van der Waals surface area contributed by atoms with Crippen molar-refractivity contribution in [3.8, 4) is 0 Å². The summed E-state index contributed by atoms with van der Waals surface area (Å²) in [5, 5.41) is 11.7. The molecule has 0 aromatic heterocycles. The summed E-state index contributed by atoms with van der Waals surface area (Å²) in [6, 6.07) is 0. The van der Waals surface area contributed by atoms with Crippen LogP contribution < -0.4 is 5.32 Å². The highest BCUT2D eigenvalue weighted by molar-refractivity contribution is 5.89. The molecule has 0 saturated carbocycles. The minimum absolute atomic E-state index is 0.0518. The summed E-state index contributed by atoms with van der Waals surface area (Å²) in [5.41, 5.74) is 0. The van der Waals surface area contributed by atoms with Gasteiger partial charge in [-0.2, -0.15) is 0 Å². The van der Waals surface area contributed by atoms with Crippen molar-refractivity contribution >= 4 is 11.8 Å². The number of rotatable bonds is 5. The maximum absolute atomic E-state index is 11.7. The monoisotopic (exact) mass is 242 g/mol. The second-order valence-electron chi connectivity index (χ2n) is 5.19. The van der Waals surface area contributed by atoms with Gasteiger partial charge in [0.25, 0.3) is 0 Å². The number of aliphatic hydroxyl groups excluding tert-OH is 1. The maximum atomic E-state index is 11.7. The first-order valence-electron chi connectivity index (χ1n) is 6.13. The van der Waals surface area contributed by atoms with E-state index in [1.165, 1.54) is 0 Å². The molecule has 0 aromatic rings. The molecule has 98 valence electrons. The highest BCUT2D eigenvalue weighted by Gasteiger charge is 2.34. The Morgan fingerprint density at radius 2 is 2.18 bits per heavy atom. The van der Waals surface area contributed by atoms with E-state index in [-0.39, 0.29) is 24.3 Å². The molecule has 1 aliphatic heterocycles. The van der Waals surface area contributed by atoms with Crippen molar-refractivity contribution < 1.29 is 14.7 Å². The van der Waals surface area contributed by atoms with Gasteiger partial charge in [0, 0.05) is 26.1 Å². The highest BCUT2D eigenvalue weighted by Crippen LogP contribution is 2.19. The molecule has 0 radical (unpaired) electrons. The molecule has 1 fully saturated rings. The quantitative estimate of drug-likeness (QED) is 0.712. The summed E-state index contributed by atoms with van der Waals surface area (Å²) in [6.07, 6.45) is -0.263. The minimum atomic E-state index is -0.553. The van der Waals surface area contributed by atoms with E-state index >= 15 is 0 Å². The first-order chi connectivity index (χ1) is 7.90. The van der Waals surface area contributed by atoms with E-state index < -0.39 is 6.10 Å². The van der Waals surface area contributed by atoms with Gasteiger partial charge in [-0.25, -0.2) is 0 Å². The molecule has 0 bridgehead atoms. The Bertz CT molecular complexity index is 289. The van der Waals surface area contributed by atoms with Crippen molar-refractivity contribution in [1.29, 1.82) is 0 Å². The zero-order chi connectivity index (χ0) is 13.0. The normalized spacial score (nSPS) is 22.1. The van der Waals surface area contributed by atoms with E-state index in [4.69, 9.17) is 5.11 Å². The lowest BCUT2D eigenvalue weighted by Gasteiger charge is -2.18. The number of likely N-dealkylation sites (tertiary alicyclic amines) is 1. The van der Waals surface area contributed by atoms with Gasteiger partial charge in [0.2, 0.25) is 11.8 Å². The molecular weight excluding hydrogens is 220 g/mol. The molecule has 2 amide bonds. The lowest BCUT2D eigenvalue weighted by Crippen LogP contribution is -2.37. The summed E-state index contributed by atoms with van der Waals surface area (Å²) in [6.45, 7) is 7.17. The van der Waals surface area contributed by atoms with Gasteiger partial charge in [-0.3, -0.25) is 9.59 Å². The second kappa shape index (κ2) is 6.00. The Morgan fingerprint density at radius 3 is 2.71 bits per heavy atom. The van der Waals surface area contributed by atoms with Crippen LogP contribution in [0.15, 0.2) is 0 Å². The summed E-state index contributed by atoms with van der Waals surface area (Å²) < 4.78 is 0. The Balaban J connectivity index is 2.42. The number of amides is 2. The lowest BCUT2D eigenvalue weighted by atomic mass is 10.1. The van der Waals surface area contributed by atoms with E-state index in [2.05, 4.69) is 5.32 Å². The number of nitrogens with zero attached hydrogens (tertiary/aromatic N) is 1. The van der Waals surface area contributed by atoms with Crippen LogP contribution in [0.1, 0.15) is 27.2 Å². The van der Waals surface area contributed by atoms with Gasteiger partial charge >= 0.3 is 0 Å². The smallest absolute Gasteiger partial charge is 0.225 e. The maximum Gasteiger partial charge on any atom is 0.225 e. The van der Waals surface area contributed by atoms with Gasteiger partial charge in [-0.15, -0.1) is 0 Å². The van der Waals surface area contributed by atoms with Crippen LogP contribution in [0.5, 0.6) is 0 Å². The molecule has 1 unspecified atom stereocenters. The third kappa shape index (κ3) is 4.34. The van der Waals surface area contributed by atoms with Crippen LogP contribution in [0.4, 0.5) is 0 Å². The van der Waals surface area contributed by atoms with Crippen molar-refractivity contribution in [3.63, 3.8) is 0 Å². The predicted molar refractivity (Wildman–Crippen MR) is 64.2 cm³/mol. The number of nitrogens with one attached hydrogen (secondary N) is 1. The Hall–Kier alpha value is -1.10. The van der Waals surface area contributed by atoms with Gasteiger partial charge in [0.1, 0.15) is 0 Å². The van der Waals surface area contributed by atoms with Gasteiger partial charge in [0.05, 0.1) is 12.0 Å². The van der Waals surface area contributed by atoms with Crippen molar-refractivity contribution in [2.45, 2.75) is 33.3 Å². The molecule has 0 spiro atoms. The number of aliphatic hydroxyl groups is 1. The first kappa shape index (κ1) is 14.0. The van der Waals surface area contributed by atoms with Gasteiger partial charge in [-0.1, -0.05) is 13.8 Å². The lowest BCUT2D eigenvalue weighted by molar-refractivity contribution is -0.129. The molecule has 0 aliphatic carbocycles. The van der Waals surface area contributed by atoms with Crippen LogP contribution in [0.25, 0.3) is 0 Å². The fraction of sp³-hybridized carbons (Fsp3) is 0.833. The second-order valence-corrected chi connectivity index (χ2v) is 5.19. The molecule has 0 aromatic carbocycles. The van der Waals surface area contributed by atoms with Gasteiger partial charge in [-0.05, 0) is 12.8 Å². The summed E-state index contributed by atoms with van der Waals surface area (Å²) in [5.74, 6) is 0.0691. The third-order valence-corrected chi connectivity index (χ3v) is 2.74. The number of carbonyl (C=O) groups is 2. The zero-order valence-electron chi connectivity index (χ0n) is 10.8. The number of hydrogen-bond acceptors (Lipinski definition) is 3. The standard InChI is InChI=1S/C12H22N2O3/c1-8(2)6-14-7-10(4-11(14)16)12(17)13-5-9(3)15/h8-10,15H,4-7H2,1-3H3,(H,13,17)/t9-,10?/m0/s1. The third-order valence-electron chi connectivity index (χ3n) is 2.74. The van der Waals surface area contributed by atoms with E-state index in [9.17, 15) is 9.59 Å². The summed E-state index contributed by atoms with van der Waals surface area (Å²) >= 11 is 0. The molecule has 17 heavy (non-hydrogen) atoms. The van der Waals surface area contributed by atoms with Crippen molar-refractivity contribution in [2.24, 2.45) is 11.8 Å². The fourth-order valence-electron chi connectivity index (χ4n) is 1.96. The molecule has 1 rings (SSSR count). The predicted octanol–water partition coefficient (Wildman–Crippen LogP) is -0.0121. The van der Waals surface area contributed by atoms with Gasteiger partial charge in [0.15, 0.2) is 0 Å². The van der Waals surface area contributed by atoms with E-state index in [0.29, 0.717) is 25.4 Å². The Labute approximate surface area is 102 Å². The Morgan fingerprint density at radius 1 is 1.53 bits per heavy atom. The molecule has 5 heteroatoms. The molecule has 5 nitrogen and oxygen atoms in total. The largest absolute Gasteiger partial charge is 0.392 e. The molecule has 2 atom stereocenters. The van der Waals surface area contributed by atoms with Crippen LogP contribution in [0, 0.1) is 11.8 Å². The van der Waals surface area contributed by atoms with Crippen LogP contribution in [-0.2, 0) is 9.59 Å². The molecule has 1 heterocycles. The average Bonchev–Trinajstić information content (AvgIpc) is 2.56. The average molecular weight is 242 g/mol. The van der Waals surface area contributed by atoms with Crippen molar-refractivity contribution in [3.05, 3.63) is 0 Å². The zero-order valence-corrected chi connectivity index (χ0v) is 10.8. The first-order valence-corrected chi connectivity index (χ1v) is 6.13. The molecule has 1 saturated heterocycles.